The fraction of sp³-hybridized carbons (Fsp3) is 0.250. The largest absolute Gasteiger partial charge is 0.479 e. The zero-order chi connectivity index (χ0) is 13.0. The highest BCUT2D eigenvalue weighted by atomic mass is 16.5. The molecule has 0 spiro atoms. The van der Waals surface area contributed by atoms with Gasteiger partial charge in [0.05, 0.1) is 12.1 Å². The van der Waals surface area contributed by atoms with E-state index in [1.165, 1.54) is 13.4 Å². The van der Waals surface area contributed by atoms with Crippen LogP contribution in [0.25, 0.3) is 10.9 Å². The van der Waals surface area contributed by atoms with E-state index in [0.29, 0.717) is 5.82 Å². The van der Waals surface area contributed by atoms with Gasteiger partial charge >= 0.3 is 5.97 Å². The molecule has 0 aliphatic carbocycles. The number of carbonyl (C=O) groups is 1. The van der Waals surface area contributed by atoms with Crippen LogP contribution in [0, 0.1) is 0 Å². The van der Waals surface area contributed by atoms with Gasteiger partial charge in [0.1, 0.15) is 12.1 Å². The van der Waals surface area contributed by atoms with Gasteiger partial charge in [0, 0.05) is 12.5 Å². The number of hydrogen-bond donors (Lipinski definition) is 2. The van der Waals surface area contributed by atoms with Crippen LogP contribution in [0.4, 0.5) is 5.82 Å². The van der Waals surface area contributed by atoms with Crippen LogP contribution in [-0.2, 0) is 9.53 Å². The summed E-state index contributed by atoms with van der Waals surface area (Å²) >= 11 is 0. The van der Waals surface area contributed by atoms with Crippen molar-refractivity contribution in [2.75, 3.05) is 19.0 Å². The van der Waals surface area contributed by atoms with Gasteiger partial charge in [0.25, 0.3) is 0 Å². The topological polar surface area (TPSA) is 84.3 Å². The van der Waals surface area contributed by atoms with Crippen LogP contribution in [0.3, 0.4) is 0 Å². The lowest BCUT2D eigenvalue weighted by Gasteiger charge is -2.12. The highest BCUT2D eigenvalue weighted by Gasteiger charge is 2.16. The number of anilines is 1. The standard InChI is InChI=1S/C12H13N3O3/c1-18-10(12(16)17)6-13-11-8-4-2-3-5-9(8)14-7-15-11/h2-5,7,10H,6H2,1H3,(H,16,17)(H,13,14,15). The monoisotopic (exact) mass is 247 g/mol. The van der Waals surface area contributed by atoms with E-state index in [4.69, 9.17) is 9.84 Å². The fourth-order valence-corrected chi connectivity index (χ4v) is 1.61. The summed E-state index contributed by atoms with van der Waals surface area (Å²) in [7, 11) is 1.36. The maximum Gasteiger partial charge on any atom is 0.334 e. The summed E-state index contributed by atoms with van der Waals surface area (Å²) in [5.41, 5.74) is 0.805. The molecular weight excluding hydrogens is 234 g/mol. The molecule has 0 bridgehead atoms. The molecule has 0 saturated carbocycles. The summed E-state index contributed by atoms with van der Waals surface area (Å²) in [5.74, 6) is -0.410. The first kappa shape index (κ1) is 12.3. The lowest BCUT2D eigenvalue weighted by molar-refractivity contribution is -0.147. The third-order valence-electron chi connectivity index (χ3n) is 2.56. The molecule has 1 heterocycles. The average Bonchev–Trinajstić information content (AvgIpc) is 2.39. The first-order valence-electron chi connectivity index (χ1n) is 5.41. The minimum absolute atomic E-state index is 0.146. The van der Waals surface area contributed by atoms with E-state index < -0.39 is 12.1 Å². The smallest absolute Gasteiger partial charge is 0.334 e. The minimum Gasteiger partial charge on any atom is -0.479 e. The van der Waals surface area contributed by atoms with Gasteiger partial charge in [-0.15, -0.1) is 0 Å². The number of aliphatic carboxylic acids is 1. The molecule has 0 saturated heterocycles. The number of ether oxygens (including phenoxy) is 1. The van der Waals surface area contributed by atoms with Crippen molar-refractivity contribution in [2.45, 2.75) is 6.10 Å². The number of carboxylic acids is 1. The second kappa shape index (κ2) is 5.42. The van der Waals surface area contributed by atoms with Crippen molar-refractivity contribution in [2.24, 2.45) is 0 Å². The van der Waals surface area contributed by atoms with Crippen molar-refractivity contribution in [3.63, 3.8) is 0 Å². The molecule has 0 aliphatic rings. The van der Waals surface area contributed by atoms with Crippen LogP contribution in [0.1, 0.15) is 0 Å². The predicted molar refractivity (Wildman–Crippen MR) is 66.5 cm³/mol. The molecule has 1 aromatic carbocycles. The number of hydrogen-bond acceptors (Lipinski definition) is 5. The number of rotatable bonds is 5. The molecule has 2 rings (SSSR count). The second-order valence-electron chi connectivity index (χ2n) is 3.68. The second-order valence-corrected chi connectivity index (χ2v) is 3.68. The number of carboxylic acid groups (broad SMARTS) is 1. The Balaban J connectivity index is 2.19. The molecule has 0 fully saturated rings. The van der Waals surface area contributed by atoms with Gasteiger partial charge < -0.3 is 15.2 Å². The third-order valence-corrected chi connectivity index (χ3v) is 2.56. The van der Waals surface area contributed by atoms with Gasteiger partial charge in [-0.3, -0.25) is 0 Å². The minimum atomic E-state index is -1.01. The van der Waals surface area contributed by atoms with Crippen molar-refractivity contribution in [1.29, 1.82) is 0 Å². The van der Waals surface area contributed by atoms with Crippen LogP contribution in [0.5, 0.6) is 0 Å². The Morgan fingerprint density at radius 2 is 2.22 bits per heavy atom. The van der Waals surface area contributed by atoms with Gasteiger partial charge in [-0.25, -0.2) is 14.8 Å². The molecule has 6 nitrogen and oxygen atoms in total. The van der Waals surface area contributed by atoms with Gasteiger partial charge in [-0.1, -0.05) is 12.1 Å². The van der Waals surface area contributed by atoms with E-state index in [-0.39, 0.29) is 6.54 Å². The van der Waals surface area contributed by atoms with Crippen LogP contribution in [0.15, 0.2) is 30.6 Å². The maximum absolute atomic E-state index is 10.8. The van der Waals surface area contributed by atoms with Crippen molar-refractivity contribution < 1.29 is 14.6 Å². The van der Waals surface area contributed by atoms with Crippen LogP contribution in [0.2, 0.25) is 0 Å². The third kappa shape index (κ3) is 2.54. The van der Waals surface area contributed by atoms with Gasteiger partial charge in [-0.05, 0) is 12.1 Å². The van der Waals surface area contributed by atoms with Gasteiger partial charge in [0.2, 0.25) is 0 Å². The number of fused-ring (bicyclic) bond motifs is 1. The van der Waals surface area contributed by atoms with Crippen LogP contribution in [-0.4, -0.2) is 40.8 Å². The summed E-state index contributed by atoms with van der Waals surface area (Å²) in [6.07, 6.45) is 0.534. The Morgan fingerprint density at radius 3 is 2.94 bits per heavy atom. The molecule has 0 amide bonds. The highest BCUT2D eigenvalue weighted by molar-refractivity contribution is 5.88. The average molecular weight is 247 g/mol. The number of nitrogens with one attached hydrogen (secondary N) is 1. The molecule has 94 valence electrons. The van der Waals surface area contributed by atoms with Crippen molar-refractivity contribution in [3.05, 3.63) is 30.6 Å². The van der Waals surface area contributed by atoms with E-state index in [1.54, 1.807) is 0 Å². The first-order chi connectivity index (χ1) is 8.72. The first-order valence-corrected chi connectivity index (χ1v) is 5.41. The Labute approximate surface area is 104 Å². The van der Waals surface area contributed by atoms with Gasteiger partial charge in [-0.2, -0.15) is 0 Å². The van der Waals surface area contributed by atoms with E-state index in [2.05, 4.69) is 15.3 Å². The lowest BCUT2D eigenvalue weighted by Crippen LogP contribution is -2.30. The summed E-state index contributed by atoms with van der Waals surface area (Å²) in [6.45, 7) is 0.146. The zero-order valence-corrected chi connectivity index (χ0v) is 9.83. The van der Waals surface area contributed by atoms with E-state index in [9.17, 15) is 4.79 Å². The molecule has 1 atom stereocenters. The summed E-state index contributed by atoms with van der Waals surface area (Å²) in [6, 6.07) is 7.50. The van der Waals surface area contributed by atoms with Crippen molar-refractivity contribution >= 4 is 22.7 Å². The number of para-hydroxylation sites is 1. The van der Waals surface area contributed by atoms with E-state index >= 15 is 0 Å². The zero-order valence-electron chi connectivity index (χ0n) is 9.83. The number of aromatic nitrogens is 2. The Kier molecular flexibility index (Phi) is 3.69. The molecule has 2 N–H and O–H groups in total. The molecule has 18 heavy (non-hydrogen) atoms. The Bertz CT molecular complexity index is 554. The SMILES string of the molecule is COC(CNc1ncnc2ccccc12)C(=O)O. The molecule has 0 radical (unpaired) electrons. The van der Waals surface area contributed by atoms with Crippen LogP contribution >= 0.6 is 0 Å². The molecule has 6 heteroatoms. The molecule has 1 aromatic heterocycles. The summed E-state index contributed by atoms with van der Waals surface area (Å²) in [4.78, 5) is 19.0. The molecule has 2 aromatic rings. The Hall–Kier alpha value is -2.21. The number of nitrogens with zero attached hydrogens (tertiary/aromatic N) is 2. The molecular formula is C12H13N3O3. The highest BCUT2D eigenvalue weighted by Crippen LogP contribution is 2.18. The van der Waals surface area contributed by atoms with Crippen LogP contribution < -0.4 is 5.32 Å². The number of benzene rings is 1. The summed E-state index contributed by atoms with van der Waals surface area (Å²) < 4.78 is 4.84. The molecule has 1 unspecified atom stereocenters. The van der Waals surface area contributed by atoms with Gasteiger partial charge in [0.15, 0.2) is 6.10 Å². The lowest BCUT2D eigenvalue weighted by atomic mass is 10.2. The quantitative estimate of drug-likeness (QED) is 0.824. The van der Waals surface area contributed by atoms with Crippen molar-refractivity contribution in [1.82, 2.24) is 9.97 Å². The number of methoxy groups -OCH3 is 1. The van der Waals surface area contributed by atoms with E-state index in [1.807, 2.05) is 24.3 Å². The van der Waals surface area contributed by atoms with Crippen molar-refractivity contribution in [3.8, 4) is 0 Å². The Morgan fingerprint density at radius 1 is 1.44 bits per heavy atom. The normalized spacial score (nSPS) is 12.3. The van der Waals surface area contributed by atoms with E-state index in [0.717, 1.165) is 10.9 Å². The summed E-state index contributed by atoms with van der Waals surface area (Å²) in [5, 5.41) is 12.7. The predicted octanol–water partition coefficient (Wildman–Crippen LogP) is 1.14. The maximum atomic E-state index is 10.8. The molecule has 0 aliphatic heterocycles. The fourth-order valence-electron chi connectivity index (χ4n) is 1.61.